The Bertz CT molecular complexity index is 948. The number of nitrogens with zero attached hydrogens (tertiary/aromatic N) is 2. The summed E-state index contributed by atoms with van der Waals surface area (Å²) in [6, 6.07) is -0.900. The second-order valence-electron chi connectivity index (χ2n) is 6.33. The van der Waals surface area contributed by atoms with Crippen molar-refractivity contribution < 1.29 is 9.59 Å². The lowest BCUT2D eigenvalue weighted by Gasteiger charge is -2.17. The Morgan fingerprint density at radius 1 is 1.54 bits per heavy atom. The maximum Gasteiger partial charge on any atom is 0.318 e. The second kappa shape index (κ2) is 7.63. The summed E-state index contributed by atoms with van der Waals surface area (Å²) in [6.07, 6.45) is 4.57. The second-order valence-corrected chi connectivity index (χ2v) is 8.36. The van der Waals surface area contributed by atoms with E-state index in [0.29, 0.717) is 27.8 Å². The molecule has 0 fully saturated rings. The highest BCUT2D eigenvalue weighted by Crippen LogP contribution is 2.36. The molecule has 1 aliphatic rings. The summed E-state index contributed by atoms with van der Waals surface area (Å²) in [5.41, 5.74) is 5.97. The van der Waals surface area contributed by atoms with Gasteiger partial charge in [0.15, 0.2) is 5.16 Å². The van der Waals surface area contributed by atoms with Crippen molar-refractivity contribution in [2.24, 2.45) is 11.7 Å². The molecule has 0 saturated heterocycles. The maximum absolute atomic E-state index is 13.1. The molecule has 0 aliphatic heterocycles. The number of carbonyl (C=O) groups is 2. The summed E-state index contributed by atoms with van der Waals surface area (Å²) in [4.78, 5) is 42.1. The first-order valence-corrected chi connectivity index (χ1v) is 10.1. The summed E-state index contributed by atoms with van der Waals surface area (Å²) in [5, 5.41) is 3.14. The summed E-state index contributed by atoms with van der Waals surface area (Å²) >= 11 is 2.67. The van der Waals surface area contributed by atoms with E-state index < -0.39 is 11.9 Å². The van der Waals surface area contributed by atoms with Gasteiger partial charge in [-0.2, -0.15) is 0 Å². The van der Waals surface area contributed by atoms with Gasteiger partial charge in [0, 0.05) is 11.4 Å². The number of allylic oxidation sites excluding steroid dienone is 1. The molecule has 26 heavy (non-hydrogen) atoms. The Morgan fingerprint density at radius 3 is 3.00 bits per heavy atom. The van der Waals surface area contributed by atoms with Crippen LogP contribution in [0.15, 0.2) is 22.6 Å². The van der Waals surface area contributed by atoms with Crippen LogP contribution in [-0.4, -0.2) is 27.2 Å². The third-order valence-corrected chi connectivity index (χ3v) is 6.41. The minimum Gasteiger partial charge on any atom is -0.351 e. The monoisotopic (exact) mass is 392 g/mol. The first-order valence-electron chi connectivity index (χ1n) is 8.28. The lowest BCUT2D eigenvalue weighted by atomic mass is 9.89. The van der Waals surface area contributed by atoms with E-state index in [4.69, 9.17) is 5.73 Å². The van der Waals surface area contributed by atoms with Crippen molar-refractivity contribution in [3.63, 3.8) is 0 Å². The van der Waals surface area contributed by atoms with Crippen molar-refractivity contribution in [3.8, 4) is 0 Å². The predicted molar refractivity (Wildman–Crippen MR) is 104 cm³/mol. The zero-order chi connectivity index (χ0) is 18.8. The number of amides is 3. The molecule has 0 spiro atoms. The van der Waals surface area contributed by atoms with Gasteiger partial charge in [0.05, 0.1) is 11.1 Å². The zero-order valence-corrected chi connectivity index (χ0v) is 16.0. The number of hydrogen-bond acceptors (Lipinski definition) is 6. The fourth-order valence-corrected chi connectivity index (χ4v) is 5.34. The molecule has 3 rings (SSSR count). The molecule has 138 valence electrons. The lowest BCUT2D eigenvalue weighted by Crippen LogP contribution is -2.36. The molecule has 7 nitrogen and oxygen atoms in total. The molecule has 1 unspecified atom stereocenters. The van der Waals surface area contributed by atoms with Gasteiger partial charge in [0.25, 0.3) is 5.56 Å². The highest BCUT2D eigenvalue weighted by Gasteiger charge is 2.24. The van der Waals surface area contributed by atoms with Crippen LogP contribution in [-0.2, 0) is 24.2 Å². The molecule has 9 heteroatoms. The Morgan fingerprint density at radius 2 is 2.31 bits per heavy atom. The van der Waals surface area contributed by atoms with Crippen molar-refractivity contribution in [1.82, 2.24) is 14.9 Å². The molecule has 0 bridgehead atoms. The number of nitrogens with two attached hydrogens (primary N) is 1. The quantitative estimate of drug-likeness (QED) is 0.460. The van der Waals surface area contributed by atoms with E-state index in [1.165, 1.54) is 9.44 Å². The fourth-order valence-electron chi connectivity index (χ4n) is 3.11. The van der Waals surface area contributed by atoms with Gasteiger partial charge < -0.3 is 5.73 Å². The third-order valence-electron chi connectivity index (χ3n) is 4.29. The van der Waals surface area contributed by atoms with Gasteiger partial charge in [-0.15, -0.1) is 17.9 Å². The van der Waals surface area contributed by atoms with Gasteiger partial charge in [0.1, 0.15) is 4.83 Å². The molecular formula is C17H20N4O3S2. The van der Waals surface area contributed by atoms with Gasteiger partial charge in [0.2, 0.25) is 5.91 Å². The SMILES string of the molecule is C=CCn1c(SCC(=O)NC(N)=O)nc2sc3c(c2c1=O)CCC(C)C3. The number of hydrogen-bond donors (Lipinski definition) is 2. The summed E-state index contributed by atoms with van der Waals surface area (Å²) in [5.74, 6) is 0.0266. The van der Waals surface area contributed by atoms with Crippen LogP contribution in [0.3, 0.4) is 0 Å². The molecule has 3 amide bonds. The molecule has 2 aromatic rings. The number of aromatic nitrogens is 2. The molecule has 2 heterocycles. The van der Waals surface area contributed by atoms with Crippen molar-refractivity contribution in [3.05, 3.63) is 33.4 Å². The molecule has 1 aliphatic carbocycles. The molecule has 3 N–H and O–H groups in total. The summed E-state index contributed by atoms with van der Waals surface area (Å²) < 4.78 is 1.53. The van der Waals surface area contributed by atoms with Crippen LogP contribution < -0.4 is 16.6 Å². The molecule has 2 aromatic heterocycles. The largest absolute Gasteiger partial charge is 0.351 e. The van der Waals surface area contributed by atoms with Crippen molar-refractivity contribution in [2.45, 2.75) is 37.9 Å². The molecular weight excluding hydrogens is 372 g/mol. The Balaban J connectivity index is 2.01. The van der Waals surface area contributed by atoms with E-state index in [-0.39, 0.29) is 11.3 Å². The number of carbonyl (C=O) groups excluding carboxylic acids is 2. The number of thiophene rings is 1. The van der Waals surface area contributed by atoms with E-state index in [0.717, 1.165) is 36.6 Å². The predicted octanol–water partition coefficient (Wildman–Crippen LogP) is 2.06. The van der Waals surface area contributed by atoms with Crippen LogP contribution >= 0.6 is 23.1 Å². The highest BCUT2D eigenvalue weighted by atomic mass is 32.2. The number of rotatable bonds is 5. The minimum atomic E-state index is -0.900. The van der Waals surface area contributed by atoms with Crippen LogP contribution in [0.2, 0.25) is 0 Å². The van der Waals surface area contributed by atoms with E-state index in [1.54, 1.807) is 17.4 Å². The van der Waals surface area contributed by atoms with Gasteiger partial charge >= 0.3 is 6.03 Å². The average molecular weight is 393 g/mol. The average Bonchev–Trinajstić information content (AvgIpc) is 2.92. The highest BCUT2D eigenvalue weighted by molar-refractivity contribution is 7.99. The normalized spacial score (nSPS) is 16.3. The zero-order valence-electron chi connectivity index (χ0n) is 14.4. The van der Waals surface area contributed by atoms with Crippen LogP contribution in [0.4, 0.5) is 4.79 Å². The summed E-state index contributed by atoms with van der Waals surface area (Å²) in [6.45, 7) is 6.23. The van der Waals surface area contributed by atoms with Gasteiger partial charge in [-0.1, -0.05) is 24.8 Å². The minimum absolute atomic E-state index is 0.0554. The molecule has 1 atom stereocenters. The molecule has 0 aromatic carbocycles. The Hall–Kier alpha value is -2.13. The lowest BCUT2D eigenvalue weighted by molar-refractivity contribution is -0.117. The van der Waals surface area contributed by atoms with Crippen LogP contribution in [0.5, 0.6) is 0 Å². The Kier molecular flexibility index (Phi) is 5.47. The number of urea groups is 1. The van der Waals surface area contributed by atoms with Crippen molar-refractivity contribution in [1.29, 1.82) is 0 Å². The van der Waals surface area contributed by atoms with Gasteiger partial charge in [-0.05, 0) is 30.7 Å². The third kappa shape index (κ3) is 3.68. The van der Waals surface area contributed by atoms with E-state index in [9.17, 15) is 14.4 Å². The van der Waals surface area contributed by atoms with Crippen molar-refractivity contribution >= 4 is 45.3 Å². The number of imide groups is 1. The van der Waals surface area contributed by atoms with E-state index in [1.807, 2.05) is 5.32 Å². The number of thioether (sulfide) groups is 1. The standard InChI is InChI=1S/C17H20N4O3S2/c1-3-6-21-15(23)13-10-5-4-9(2)7-11(10)26-14(13)20-17(21)25-8-12(22)19-16(18)24/h3,9H,1,4-8H2,2H3,(H3,18,19,22,24). The van der Waals surface area contributed by atoms with E-state index in [2.05, 4.69) is 18.5 Å². The van der Waals surface area contributed by atoms with Crippen molar-refractivity contribution in [2.75, 3.05) is 5.75 Å². The Labute approximate surface area is 158 Å². The number of fused-ring (bicyclic) bond motifs is 3. The van der Waals surface area contributed by atoms with Gasteiger partial charge in [-0.3, -0.25) is 19.5 Å². The number of primary amides is 1. The van der Waals surface area contributed by atoms with Crippen LogP contribution in [0.1, 0.15) is 23.8 Å². The first-order chi connectivity index (χ1) is 12.4. The van der Waals surface area contributed by atoms with Crippen LogP contribution in [0.25, 0.3) is 10.2 Å². The number of nitrogens with one attached hydrogen (secondary N) is 1. The smallest absolute Gasteiger partial charge is 0.318 e. The van der Waals surface area contributed by atoms with Crippen LogP contribution in [0, 0.1) is 5.92 Å². The molecule has 0 radical (unpaired) electrons. The first kappa shape index (κ1) is 18.7. The fraction of sp³-hybridized carbons (Fsp3) is 0.412. The maximum atomic E-state index is 13.1. The van der Waals surface area contributed by atoms with E-state index >= 15 is 0 Å². The summed E-state index contributed by atoms with van der Waals surface area (Å²) in [7, 11) is 0. The topological polar surface area (TPSA) is 107 Å². The number of aryl methyl sites for hydroxylation is 1. The molecule has 0 saturated carbocycles. The van der Waals surface area contributed by atoms with Gasteiger partial charge in [-0.25, -0.2) is 9.78 Å².